The van der Waals surface area contributed by atoms with Gasteiger partial charge in [0.25, 0.3) is 0 Å². The van der Waals surface area contributed by atoms with Crippen LogP contribution in [0.2, 0.25) is 0 Å². The summed E-state index contributed by atoms with van der Waals surface area (Å²) in [6.45, 7) is 3.39. The van der Waals surface area contributed by atoms with Crippen molar-refractivity contribution in [1.29, 1.82) is 0 Å². The fourth-order valence-electron chi connectivity index (χ4n) is 2.81. The van der Waals surface area contributed by atoms with E-state index in [0.717, 1.165) is 23.5 Å². The lowest BCUT2D eigenvalue weighted by Gasteiger charge is -2.38. The van der Waals surface area contributed by atoms with E-state index < -0.39 is 46.6 Å². The topological polar surface area (TPSA) is 91.6 Å². The normalized spacial score (nSPS) is 21.3. The largest absolute Gasteiger partial charge is 0.437 e. The van der Waals surface area contributed by atoms with Crippen LogP contribution in [-0.4, -0.2) is 33.5 Å². The van der Waals surface area contributed by atoms with Crippen LogP contribution in [0.25, 0.3) is 10.2 Å². The molecule has 0 spiro atoms. The number of imide groups is 1. The number of urea groups is 1. The van der Waals surface area contributed by atoms with Crippen molar-refractivity contribution in [2.75, 3.05) is 4.90 Å². The van der Waals surface area contributed by atoms with Gasteiger partial charge in [-0.1, -0.05) is 11.3 Å². The molecule has 1 fully saturated rings. The first-order valence-corrected chi connectivity index (χ1v) is 8.46. The second-order valence-corrected chi connectivity index (χ2v) is 7.29. The minimum atomic E-state index is -5.29. The smallest absolute Gasteiger partial charge is 0.363 e. The molecular weight excluding hydrogens is 394 g/mol. The third-order valence-electron chi connectivity index (χ3n) is 4.08. The Balaban J connectivity index is 2.11. The molecule has 1 aromatic carbocycles. The van der Waals surface area contributed by atoms with Crippen molar-refractivity contribution >= 4 is 39.2 Å². The van der Waals surface area contributed by atoms with Crippen molar-refractivity contribution in [3.05, 3.63) is 27.6 Å². The summed E-state index contributed by atoms with van der Waals surface area (Å²) in [7, 11) is 0. The van der Waals surface area contributed by atoms with Gasteiger partial charge in [-0.3, -0.25) is 14.2 Å². The number of nitrogens with zero attached hydrogens (tertiary/aromatic N) is 2. The number of anilines is 1. The summed E-state index contributed by atoms with van der Waals surface area (Å²) in [6.07, 6.45) is -6.81. The highest BCUT2D eigenvalue weighted by atomic mass is 32.1. The minimum absolute atomic E-state index is 0.182. The lowest BCUT2D eigenvalue weighted by molar-refractivity contribution is -0.269. The average Bonchev–Trinajstić information content (AvgIpc) is 2.80. The zero-order valence-corrected chi connectivity index (χ0v) is 14.7. The first-order valence-electron chi connectivity index (χ1n) is 7.64. The number of carbonyl (C=O) groups is 2. The fraction of sp³-hybridized carbons (Fsp3) is 0.400. The van der Waals surface area contributed by atoms with Gasteiger partial charge >= 0.3 is 17.1 Å². The Kier molecular flexibility index (Phi) is 4.30. The number of rotatable bonds is 2. The summed E-state index contributed by atoms with van der Waals surface area (Å²) >= 11 is 0.756. The summed E-state index contributed by atoms with van der Waals surface area (Å²) in [5, 5.41) is 10.8. The van der Waals surface area contributed by atoms with Crippen LogP contribution in [0.1, 0.15) is 26.3 Å². The summed E-state index contributed by atoms with van der Waals surface area (Å²) in [5.41, 5.74) is -4.12. The summed E-state index contributed by atoms with van der Waals surface area (Å²) in [6, 6.07) is 0.0439. The van der Waals surface area contributed by atoms with Crippen LogP contribution in [-0.2, 0) is 4.79 Å². The second kappa shape index (κ2) is 6.02. The number of carbonyl (C=O) groups excluding carboxylic acids is 2. The van der Waals surface area contributed by atoms with Gasteiger partial charge in [0.2, 0.25) is 11.6 Å². The van der Waals surface area contributed by atoms with E-state index in [9.17, 15) is 37.1 Å². The highest BCUT2D eigenvalue weighted by molar-refractivity contribution is 7.16. The molecule has 3 amide bonds. The fourth-order valence-corrected chi connectivity index (χ4v) is 3.83. The summed E-state index contributed by atoms with van der Waals surface area (Å²) < 4.78 is 54.7. The van der Waals surface area contributed by atoms with Gasteiger partial charge in [0.1, 0.15) is 5.82 Å². The Hall–Kier alpha value is -2.47. The molecule has 1 aliphatic rings. The molecule has 2 aromatic rings. The molecule has 1 unspecified atom stereocenters. The Morgan fingerprint density at radius 2 is 1.89 bits per heavy atom. The second-order valence-electron chi connectivity index (χ2n) is 6.30. The molecule has 12 heteroatoms. The third-order valence-corrected chi connectivity index (χ3v) is 5.00. The number of benzene rings is 1. The number of aromatic nitrogens is 1. The number of amides is 3. The zero-order chi connectivity index (χ0) is 20.3. The van der Waals surface area contributed by atoms with E-state index in [-0.39, 0.29) is 21.2 Å². The molecule has 2 heterocycles. The molecule has 0 aliphatic carbocycles. The number of fused-ring (bicyclic) bond motifs is 1. The van der Waals surface area contributed by atoms with Gasteiger partial charge in [-0.2, -0.15) is 13.2 Å². The Labute approximate surface area is 152 Å². The van der Waals surface area contributed by atoms with Gasteiger partial charge in [0, 0.05) is 6.04 Å². The highest BCUT2D eigenvalue weighted by Gasteiger charge is 2.60. The molecule has 146 valence electrons. The molecule has 27 heavy (non-hydrogen) atoms. The minimum Gasteiger partial charge on any atom is -0.363 e. The van der Waals surface area contributed by atoms with E-state index in [1.165, 1.54) is 9.88 Å². The maximum Gasteiger partial charge on any atom is 0.437 e. The van der Waals surface area contributed by atoms with Gasteiger partial charge in [0.15, 0.2) is 0 Å². The van der Waals surface area contributed by atoms with Crippen LogP contribution in [0.5, 0.6) is 0 Å². The standard InChI is InChI=1S/C15H13F4N3O4S/c1-6(2)21-9-4-8(7(16)3-10(9)27-13(21)25)22-11(23)5-14(26,15(17,18)19)20-12(22)24/h3-4,6,26H,5H2,1-2H3,(H,20,24). The average molecular weight is 407 g/mol. The number of hydrogen-bond donors (Lipinski definition) is 2. The van der Waals surface area contributed by atoms with Crippen LogP contribution in [0.4, 0.5) is 28.0 Å². The molecule has 1 atom stereocenters. The molecule has 1 aliphatic heterocycles. The first kappa shape index (κ1) is 19.3. The van der Waals surface area contributed by atoms with E-state index >= 15 is 0 Å². The van der Waals surface area contributed by atoms with Gasteiger partial charge < -0.3 is 10.4 Å². The van der Waals surface area contributed by atoms with E-state index in [4.69, 9.17) is 0 Å². The third kappa shape index (κ3) is 2.98. The number of nitrogens with one attached hydrogen (secondary N) is 1. The molecule has 1 aromatic heterocycles. The SMILES string of the molecule is CC(C)n1c(=O)sc2cc(F)c(N3C(=O)CC(O)(C(F)(F)F)NC3=O)cc21. The number of halogens is 4. The molecule has 7 nitrogen and oxygen atoms in total. The van der Waals surface area contributed by atoms with E-state index in [1.807, 2.05) is 0 Å². The molecule has 2 N–H and O–H groups in total. The zero-order valence-electron chi connectivity index (χ0n) is 13.9. The summed E-state index contributed by atoms with van der Waals surface area (Å²) in [5.74, 6) is -2.51. The first-order chi connectivity index (χ1) is 12.4. The number of aliphatic hydroxyl groups is 1. The van der Waals surface area contributed by atoms with Crippen molar-refractivity contribution in [3.63, 3.8) is 0 Å². The Morgan fingerprint density at radius 3 is 2.41 bits per heavy atom. The van der Waals surface area contributed by atoms with Crippen molar-refractivity contribution < 1.29 is 32.3 Å². The van der Waals surface area contributed by atoms with E-state index in [0.29, 0.717) is 0 Å². The van der Waals surface area contributed by atoms with Crippen molar-refractivity contribution in [2.24, 2.45) is 0 Å². The maximum absolute atomic E-state index is 14.5. The molecule has 0 bridgehead atoms. The maximum atomic E-state index is 14.5. The number of thiazole rings is 1. The molecular formula is C15H13F4N3O4S. The highest BCUT2D eigenvalue weighted by Crippen LogP contribution is 2.36. The van der Waals surface area contributed by atoms with Gasteiger partial charge in [-0.05, 0) is 26.0 Å². The molecule has 0 saturated carbocycles. The van der Waals surface area contributed by atoms with Crippen molar-refractivity contribution in [2.45, 2.75) is 38.2 Å². The van der Waals surface area contributed by atoms with E-state index in [1.54, 1.807) is 13.8 Å². The predicted octanol–water partition coefficient (Wildman–Crippen LogP) is 2.48. The monoisotopic (exact) mass is 407 g/mol. The van der Waals surface area contributed by atoms with Gasteiger partial charge in [-0.25, -0.2) is 14.1 Å². The van der Waals surface area contributed by atoms with Gasteiger partial charge in [-0.15, -0.1) is 0 Å². The Morgan fingerprint density at radius 1 is 1.26 bits per heavy atom. The van der Waals surface area contributed by atoms with Crippen LogP contribution >= 0.6 is 11.3 Å². The van der Waals surface area contributed by atoms with Crippen LogP contribution in [0.3, 0.4) is 0 Å². The Bertz CT molecular complexity index is 993. The summed E-state index contributed by atoms with van der Waals surface area (Å²) in [4.78, 5) is 36.1. The van der Waals surface area contributed by atoms with Crippen LogP contribution < -0.4 is 15.1 Å². The van der Waals surface area contributed by atoms with Gasteiger partial charge in [0.05, 0.1) is 22.3 Å². The molecule has 0 radical (unpaired) electrons. The van der Waals surface area contributed by atoms with Crippen molar-refractivity contribution in [1.82, 2.24) is 9.88 Å². The van der Waals surface area contributed by atoms with E-state index in [2.05, 4.69) is 0 Å². The molecule has 1 saturated heterocycles. The number of alkyl halides is 3. The number of hydrogen-bond acceptors (Lipinski definition) is 5. The lowest BCUT2D eigenvalue weighted by Crippen LogP contribution is -2.68. The lowest BCUT2D eigenvalue weighted by atomic mass is 10.1. The predicted molar refractivity (Wildman–Crippen MR) is 88.1 cm³/mol. The quantitative estimate of drug-likeness (QED) is 0.749. The molecule has 3 rings (SSSR count). The van der Waals surface area contributed by atoms with Crippen LogP contribution in [0.15, 0.2) is 16.9 Å². The van der Waals surface area contributed by atoms with Crippen molar-refractivity contribution in [3.8, 4) is 0 Å². The van der Waals surface area contributed by atoms with Crippen LogP contribution in [0, 0.1) is 5.82 Å².